The molecule has 0 spiro atoms. The summed E-state index contributed by atoms with van der Waals surface area (Å²) in [4.78, 5) is 17.3. The number of nitrogens with zero attached hydrogens (tertiary/aromatic N) is 2. The first-order valence-corrected chi connectivity index (χ1v) is 8.39. The van der Waals surface area contributed by atoms with Gasteiger partial charge in [0.2, 0.25) is 0 Å². The van der Waals surface area contributed by atoms with Crippen LogP contribution in [0.15, 0.2) is 64.0 Å². The molecule has 0 N–H and O–H groups in total. The molecular weight excluding hydrogens is 354 g/mol. The minimum Gasteiger partial charge on any atom is -0.268 e. The third-order valence-corrected chi connectivity index (χ3v) is 4.36. The molecule has 24 heavy (non-hydrogen) atoms. The van der Waals surface area contributed by atoms with Crippen LogP contribution in [0.2, 0.25) is 0 Å². The Labute approximate surface area is 145 Å². The second-order valence-corrected chi connectivity index (χ2v) is 6.06. The fourth-order valence-corrected chi connectivity index (χ4v) is 3.25. The number of benzene rings is 2. The topological polar surface area (TPSA) is 34.9 Å². The van der Waals surface area contributed by atoms with Gasteiger partial charge in [-0.05, 0) is 24.3 Å². The average molecular weight is 365 g/mol. The van der Waals surface area contributed by atoms with Gasteiger partial charge in [0.25, 0.3) is 5.56 Å². The zero-order valence-corrected chi connectivity index (χ0v) is 13.8. The van der Waals surface area contributed by atoms with Gasteiger partial charge >= 0.3 is 0 Å². The highest BCUT2D eigenvalue weighted by molar-refractivity contribution is 7.99. The Morgan fingerprint density at radius 3 is 2.75 bits per heavy atom. The second-order valence-electron chi connectivity index (χ2n) is 4.82. The number of para-hydroxylation sites is 1. The van der Waals surface area contributed by atoms with Gasteiger partial charge in [0.05, 0.1) is 16.6 Å². The van der Waals surface area contributed by atoms with E-state index in [0.717, 1.165) is 16.7 Å². The highest BCUT2D eigenvalue weighted by atomic mass is 35.5. The summed E-state index contributed by atoms with van der Waals surface area (Å²) < 4.78 is 28.6. The predicted octanol–water partition coefficient (Wildman–Crippen LogP) is 4.51. The highest BCUT2D eigenvalue weighted by Gasteiger charge is 2.16. The summed E-state index contributed by atoms with van der Waals surface area (Å²) in [5.74, 6) is -1.09. The van der Waals surface area contributed by atoms with Gasteiger partial charge in [-0.1, -0.05) is 41.6 Å². The maximum Gasteiger partial charge on any atom is 0.266 e. The molecule has 1 heterocycles. The monoisotopic (exact) mass is 364 g/mol. The molecule has 0 atom stereocenters. The van der Waals surface area contributed by atoms with Crippen molar-refractivity contribution in [3.8, 4) is 5.69 Å². The SMILES string of the molecule is O=c1c2ccccc2nc(SC/C=C/Cl)n1-c1ccc(F)cc1F. The van der Waals surface area contributed by atoms with Gasteiger partial charge < -0.3 is 0 Å². The molecule has 122 valence electrons. The normalized spacial score (nSPS) is 11.5. The standard InChI is InChI=1S/C17H11ClF2N2OS/c18-8-3-9-24-17-21-14-5-2-1-4-12(14)16(23)22(17)15-7-6-11(19)10-13(15)20/h1-8,10H,9H2/b8-3+. The van der Waals surface area contributed by atoms with Crippen molar-refractivity contribution >= 4 is 34.3 Å². The number of rotatable bonds is 4. The number of halogens is 3. The van der Waals surface area contributed by atoms with Crippen LogP contribution < -0.4 is 5.56 Å². The zero-order valence-electron chi connectivity index (χ0n) is 12.2. The van der Waals surface area contributed by atoms with Crippen LogP contribution in [0.25, 0.3) is 16.6 Å². The first kappa shape index (κ1) is 16.7. The molecule has 0 aliphatic heterocycles. The van der Waals surface area contributed by atoms with Gasteiger partial charge in [0.1, 0.15) is 11.6 Å². The first-order chi connectivity index (χ1) is 11.6. The Kier molecular flexibility index (Phi) is 4.97. The van der Waals surface area contributed by atoms with E-state index in [1.54, 1.807) is 30.3 Å². The van der Waals surface area contributed by atoms with Gasteiger partial charge in [0, 0.05) is 17.4 Å². The van der Waals surface area contributed by atoms with E-state index in [0.29, 0.717) is 21.8 Å². The van der Waals surface area contributed by atoms with E-state index >= 15 is 0 Å². The summed E-state index contributed by atoms with van der Waals surface area (Å²) in [7, 11) is 0. The Bertz CT molecular complexity index is 988. The average Bonchev–Trinajstić information content (AvgIpc) is 2.57. The summed E-state index contributed by atoms with van der Waals surface area (Å²) in [6.07, 6.45) is 1.68. The van der Waals surface area contributed by atoms with Crippen LogP contribution in [0, 0.1) is 11.6 Å². The Hall–Kier alpha value is -2.18. The summed E-state index contributed by atoms with van der Waals surface area (Å²) in [6, 6.07) is 9.88. The lowest BCUT2D eigenvalue weighted by Gasteiger charge is -2.13. The lowest BCUT2D eigenvalue weighted by atomic mass is 10.2. The van der Waals surface area contributed by atoms with E-state index < -0.39 is 17.2 Å². The third-order valence-electron chi connectivity index (χ3n) is 3.29. The predicted molar refractivity (Wildman–Crippen MR) is 93.0 cm³/mol. The van der Waals surface area contributed by atoms with E-state index in [9.17, 15) is 13.6 Å². The molecule has 0 radical (unpaired) electrons. The van der Waals surface area contributed by atoms with Gasteiger partial charge in [-0.2, -0.15) is 0 Å². The molecule has 0 saturated heterocycles. The van der Waals surface area contributed by atoms with Crippen LogP contribution in [-0.4, -0.2) is 15.3 Å². The van der Waals surface area contributed by atoms with Crippen LogP contribution in [0.4, 0.5) is 8.78 Å². The Morgan fingerprint density at radius 1 is 1.21 bits per heavy atom. The zero-order chi connectivity index (χ0) is 17.1. The third kappa shape index (κ3) is 3.20. The van der Waals surface area contributed by atoms with Gasteiger partial charge in [-0.3, -0.25) is 9.36 Å². The van der Waals surface area contributed by atoms with Crippen molar-refractivity contribution in [1.82, 2.24) is 9.55 Å². The Balaban J connectivity index is 2.28. The smallest absolute Gasteiger partial charge is 0.266 e. The summed E-state index contributed by atoms with van der Waals surface area (Å²) in [5.41, 5.74) is 1.41. The molecule has 2 aromatic carbocycles. The van der Waals surface area contributed by atoms with Crippen molar-refractivity contribution < 1.29 is 8.78 Å². The lowest BCUT2D eigenvalue weighted by molar-refractivity contribution is 0.572. The van der Waals surface area contributed by atoms with Crippen LogP contribution in [-0.2, 0) is 0 Å². The van der Waals surface area contributed by atoms with Crippen molar-refractivity contribution in [2.75, 3.05) is 5.75 Å². The van der Waals surface area contributed by atoms with Crippen molar-refractivity contribution in [1.29, 1.82) is 0 Å². The van der Waals surface area contributed by atoms with E-state index in [1.165, 1.54) is 23.4 Å². The van der Waals surface area contributed by atoms with Crippen LogP contribution >= 0.6 is 23.4 Å². The van der Waals surface area contributed by atoms with Gasteiger partial charge in [0.15, 0.2) is 5.16 Å². The number of aromatic nitrogens is 2. The van der Waals surface area contributed by atoms with Crippen molar-refractivity contribution in [2.24, 2.45) is 0 Å². The number of hydrogen-bond donors (Lipinski definition) is 0. The van der Waals surface area contributed by atoms with E-state index in [2.05, 4.69) is 4.98 Å². The molecule has 3 aromatic rings. The molecule has 1 aromatic heterocycles. The fourth-order valence-electron chi connectivity index (χ4n) is 2.24. The summed E-state index contributed by atoms with van der Waals surface area (Å²) in [5, 5.41) is 0.664. The molecule has 3 nitrogen and oxygen atoms in total. The fraction of sp³-hybridized carbons (Fsp3) is 0.0588. The van der Waals surface area contributed by atoms with E-state index in [1.807, 2.05) is 0 Å². The molecule has 3 rings (SSSR count). The van der Waals surface area contributed by atoms with Crippen molar-refractivity contribution in [2.45, 2.75) is 5.16 Å². The molecule has 0 bridgehead atoms. The highest BCUT2D eigenvalue weighted by Crippen LogP contribution is 2.23. The van der Waals surface area contributed by atoms with Crippen LogP contribution in [0.5, 0.6) is 0 Å². The molecule has 0 unspecified atom stereocenters. The minimum atomic E-state index is -0.830. The van der Waals surface area contributed by atoms with Crippen LogP contribution in [0.3, 0.4) is 0 Å². The number of thioether (sulfide) groups is 1. The van der Waals surface area contributed by atoms with Gasteiger partial charge in [-0.25, -0.2) is 13.8 Å². The van der Waals surface area contributed by atoms with E-state index in [4.69, 9.17) is 11.6 Å². The first-order valence-electron chi connectivity index (χ1n) is 6.97. The van der Waals surface area contributed by atoms with Crippen molar-refractivity contribution in [3.63, 3.8) is 0 Å². The largest absolute Gasteiger partial charge is 0.268 e. The quantitative estimate of drug-likeness (QED) is 0.504. The molecule has 0 fully saturated rings. The van der Waals surface area contributed by atoms with E-state index in [-0.39, 0.29) is 5.69 Å². The maximum absolute atomic E-state index is 14.2. The molecule has 7 heteroatoms. The second kappa shape index (κ2) is 7.15. The Morgan fingerprint density at radius 2 is 2.00 bits per heavy atom. The van der Waals surface area contributed by atoms with Crippen LogP contribution in [0.1, 0.15) is 0 Å². The molecule has 0 amide bonds. The maximum atomic E-state index is 14.2. The molecule has 0 saturated carbocycles. The number of fused-ring (bicyclic) bond motifs is 1. The summed E-state index contributed by atoms with van der Waals surface area (Å²) in [6.45, 7) is 0. The number of hydrogen-bond acceptors (Lipinski definition) is 3. The van der Waals surface area contributed by atoms with Gasteiger partial charge in [-0.15, -0.1) is 0 Å². The molecule has 0 aliphatic rings. The minimum absolute atomic E-state index is 0.0444. The summed E-state index contributed by atoms with van der Waals surface area (Å²) >= 11 is 6.74. The lowest BCUT2D eigenvalue weighted by Crippen LogP contribution is -2.22. The van der Waals surface area contributed by atoms with Crippen molar-refractivity contribution in [3.05, 3.63) is 76.1 Å². The molecule has 0 aliphatic carbocycles. The molecular formula is C17H11ClF2N2OS.